The normalized spacial score (nSPS) is 56.6. The summed E-state index contributed by atoms with van der Waals surface area (Å²) in [4.78, 5) is 12.0. The Bertz CT molecular complexity index is 720. The van der Waals surface area contributed by atoms with Crippen LogP contribution in [-0.4, -0.2) is 18.0 Å². The average Bonchev–Trinajstić information content (AvgIpc) is 3.21. The Morgan fingerprint density at radius 1 is 1.27 bits per heavy atom. The van der Waals surface area contributed by atoms with Crippen LogP contribution in [0.3, 0.4) is 0 Å². The second-order valence-corrected chi connectivity index (χ2v) is 10.3. The predicted octanol–water partition coefficient (Wildman–Crippen LogP) is 4.95. The number of carbonyl (C=O) groups is 1. The molecule has 6 rings (SSSR count). The summed E-state index contributed by atoms with van der Waals surface area (Å²) < 4.78 is 6.59. The van der Waals surface area contributed by atoms with Gasteiger partial charge in [0.1, 0.15) is 0 Å². The molecule has 140 valence electrons. The van der Waals surface area contributed by atoms with E-state index < -0.39 is 0 Å². The first-order valence-electron chi connectivity index (χ1n) is 11.2. The summed E-state index contributed by atoms with van der Waals surface area (Å²) in [5, 5.41) is 0. The minimum absolute atomic E-state index is 0.0699. The minimum atomic E-state index is 0.0699. The van der Waals surface area contributed by atoms with Crippen LogP contribution < -0.4 is 0 Å². The van der Waals surface area contributed by atoms with Crippen molar-refractivity contribution in [2.45, 2.75) is 64.4 Å². The highest BCUT2D eigenvalue weighted by Crippen LogP contribution is 2.78. The highest BCUT2D eigenvalue weighted by molar-refractivity contribution is 5.91. The van der Waals surface area contributed by atoms with Crippen molar-refractivity contribution in [2.24, 2.45) is 46.8 Å². The van der Waals surface area contributed by atoms with Crippen LogP contribution in [0.1, 0.15) is 58.8 Å². The maximum atomic E-state index is 12.0. The summed E-state index contributed by atoms with van der Waals surface area (Å²) in [5.41, 5.74) is 1.96. The van der Waals surface area contributed by atoms with E-state index in [1.54, 1.807) is 0 Å². The average molecular weight is 353 g/mol. The van der Waals surface area contributed by atoms with E-state index in [4.69, 9.17) is 4.74 Å². The molecule has 6 aliphatic rings. The zero-order chi connectivity index (χ0) is 17.7. The molecule has 2 heteroatoms. The molecule has 26 heavy (non-hydrogen) atoms. The standard InChI is InChI=1S/C24H32O2/c1-3-23-9-7-18-17-6-5-16(25)12-15(17)11-14(2)21(18)22(23)19-13-20(19)24(23)8-4-10-26-24/h4,8,12,14,17-22H,3,5-7,9-11,13H2,1-2H3/t14-,17-,18?,19-,20+,21?,22?,23-,24-/m0/s1. The van der Waals surface area contributed by atoms with Crippen LogP contribution in [0.4, 0.5) is 0 Å². The van der Waals surface area contributed by atoms with Crippen molar-refractivity contribution in [2.75, 3.05) is 6.61 Å². The van der Waals surface area contributed by atoms with Gasteiger partial charge in [-0.3, -0.25) is 4.79 Å². The largest absolute Gasteiger partial charge is 0.366 e. The number of allylic oxidation sites excluding steroid dienone is 1. The van der Waals surface area contributed by atoms with Crippen molar-refractivity contribution in [3.63, 3.8) is 0 Å². The summed E-state index contributed by atoms with van der Waals surface area (Å²) in [6, 6.07) is 0. The molecule has 0 radical (unpaired) electrons. The predicted molar refractivity (Wildman–Crippen MR) is 101 cm³/mol. The van der Waals surface area contributed by atoms with Crippen LogP contribution in [0, 0.1) is 46.8 Å². The van der Waals surface area contributed by atoms with Crippen molar-refractivity contribution in [3.05, 3.63) is 23.8 Å². The van der Waals surface area contributed by atoms with Gasteiger partial charge in [0, 0.05) is 11.8 Å². The fraction of sp³-hybridized carbons (Fsp3) is 0.792. The molecular weight excluding hydrogens is 320 g/mol. The van der Waals surface area contributed by atoms with Gasteiger partial charge >= 0.3 is 0 Å². The van der Waals surface area contributed by atoms with Crippen molar-refractivity contribution in [3.8, 4) is 0 Å². The molecule has 4 saturated carbocycles. The number of ether oxygens (including phenoxy) is 1. The van der Waals surface area contributed by atoms with Crippen LogP contribution in [0.15, 0.2) is 23.8 Å². The number of hydrogen-bond donors (Lipinski definition) is 0. The maximum Gasteiger partial charge on any atom is 0.155 e. The van der Waals surface area contributed by atoms with E-state index >= 15 is 0 Å². The van der Waals surface area contributed by atoms with Crippen LogP contribution in [0.5, 0.6) is 0 Å². The van der Waals surface area contributed by atoms with Gasteiger partial charge in [0.05, 0.1) is 12.2 Å². The molecule has 0 saturated heterocycles. The van der Waals surface area contributed by atoms with Gasteiger partial charge in [-0.1, -0.05) is 31.6 Å². The molecule has 9 atom stereocenters. The van der Waals surface area contributed by atoms with Crippen molar-refractivity contribution in [1.29, 1.82) is 0 Å². The van der Waals surface area contributed by atoms with Gasteiger partial charge in [-0.05, 0) is 86.0 Å². The van der Waals surface area contributed by atoms with Gasteiger partial charge in [-0.2, -0.15) is 0 Å². The highest BCUT2D eigenvalue weighted by Gasteiger charge is 2.77. The quantitative estimate of drug-likeness (QED) is 0.625. The van der Waals surface area contributed by atoms with E-state index in [1.807, 2.05) is 6.08 Å². The van der Waals surface area contributed by atoms with Gasteiger partial charge < -0.3 is 4.74 Å². The molecule has 0 aromatic rings. The zero-order valence-electron chi connectivity index (χ0n) is 16.2. The van der Waals surface area contributed by atoms with E-state index in [1.165, 1.54) is 37.7 Å². The molecule has 5 aliphatic carbocycles. The van der Waals surface area contributed by atoms with Crippen LogP contribution in [0.25, 0.3) is 0 Å². The van der Waals surface area contributed by atoms with E-state index in [0.717, 1.165) is 55.0 Å². The van der Waals surface area contributed by atoms with Crippen LogP contribution in [0.2, 0.25) is 0 Å². The monoisotopic (exact) mass is 352 g/mol. The van der Waals surface area contributed by atoms with E-state index in [0.29, 0.717) is 17.1 Å². The first-order valence-corrected chi connectivity index (χ1v) is 11.2. The molecule has 4 fully saturated rings. The molecule has 0 aromatic heterocycles. The van der Waals surface area contributed by atoms with Gasteiger partial charge in [-0.25, -0.2) is 0 Å². The SMILES string of the molecule is CC[C@]12CCC3C(C1[C@H]1C[C@H]1[C@@]21C=CCO1)[C@@H](C)CC1=CC(=O)CC[C@@H]13. The Hall–Kier alpha value is -0.890. The van der Waals surface area contributed by atoms with Crippen molar-refractivity contribution in [1.82, 2.24) is 0 Å². The Morgan fingerprint density at radius 3 is 2.92 bits per heavy atom. The molecular formula is C24H32O2. The molecule has 0 bridgehead atoms. The first-order chi connectivity index (χ1) is 12.6. The molecule has 0 aromatic carbocycles. The Labute approximate surface area is 157 Å². The fourth-order valence-electron chi connectivity index (χ4n) is 9.05. The number of ketones is 1. The lowest BCUT2D eigenvalue weighted by molar-refractivity contribution is -0.150. The fourth-order valence-corrected chi connectivity index (χ4v) is 9.05. The minimum Gasteiger partial charge on any atom is -0.366 e. The third-order valence-electron chi connectivity index (χ3n) is 9.77. The third-order valence-corrected chi connectivity index (χ3v) is 9.77. The summed E-state index contributed by atoms with van der Waals surface area (Å²) >= 11 is 0. The molecule has 3 unspecified atom stereocenters. The molecule has 1 spiro atoms. The summed E-state index contributed by atoms with van der Waals surface area (Å²) in [6.07, 6.45) is 15.3. The summed E-state index contributed by atoms with van der Waals surface area (Å²) in [5.74, 6) is 6.05. The van der Waals surface area contributed by atoms with Gasteiger partial charge in [0.15, 0.2) is 5.78 Å². The molecule has 0 amide bonds. The second kappa shape index (κ2) is 5.13. The first kappa shape index (κ1) is 16.1. The van der Waals surface area contributed by atoms with E-state index in [9.17, 15) is 4.79 Å². The number of carbonyl (C=O) groups excluding carboxylic acids is 1. The topological polar surface area (TPSA) is 26.3 Å². The van der Waals surface area contributed by atoms with Crippen molar-refractivity contribution >= 4 is 5.78 Å². The van der Waals surface area contributed by atoms with Crippen LogP contribution in [-0.2, 0) is 9.53 Å². The van der Waals surface area contributed by atoms with E-state index in [-0.39, 0.29) is 5.60 Å². The Balaban J connectivity index is 1.43. The highest BCUT2D eigenvalue weighted by atomic mass is 16.5. The molecule has 1 heterocycles. The lowest BCUT2D eigenvalue weighted by Crippen LogP contribution is -2.57. The van der Waals surface area contributed by atoms with Crippen LogP contribution >= 0.6 is 0 Å². The lowest BCUT2D eigenvalue weighted by atomic mass is 9.46. The van der Waals surface area contributed by atoms with Gasteiger partial charge in [0.25, 0.3) is 0 Å². The smallest absolute Gasteiger partial charge is 0.155 e. The molecule has 1 aliphatic heterocycles. The number of hydrogen-bond acceptors (Lipinski definition) is 2. The lowest BCUT2D eigenvalue weighted by Gasteiger charge is -2.60. The Morgan fingerprint density at radius 2 is 2.15 bits per heavy atom. The second-order valence-electron chi connectivity index (χ2n) is 10.3. The molecule has 0 N–H and O–H groups in total. The van der Waals surface area contributed by atoms with Gasteiger partial charge in [-0.15, -0.1) is 0 Å². The number of rotatable bonds is 1. The maximum absolute atomic E-state index is 12.0. The summed E-state index contributed by atoms with van der Waals surface area (Å²) in [7, 11) is 0. The van der Waals surface area contributed by atoms with Gasteiger partial charge in [0.2, 0.25) is 0 Å². The summed E-state index contributed by atoms with van der Waals surface area (Å²) in [6.45, 7) is 5.76. The van der Waals surface area contributed by atoms with E-state index in [2.05, 4.69) is 26.0 Å². The Kier molecular flexibility index (Phi) is 3.18. The number of fused-ring (bicyclic) bond motifs is 9. The third kappa shape index (κ3) is 1.72. The zero-order valence-corrected chi connectivity index (χ0v) is 16.2. The van der Waals surface area contributed by atoms with Crippen molar-refractivity contribution < 1.29 is 9.53 Å². The molecule has 2 nitrogen and oxygen atoms in total.